The van der Waals surface area contributed by atoms with Crippen LogP contribution < -0.4 is 22.1 Å². The molecule has 8 N–H and O–H groups in total. The van der Waals surface area contributed by atoms with Crippen molar-refractivity contribution in [2.45, 2.75) is 56.3 Å². The van der Waals surface area contributed by atoms with Crippen LogP contribution in [0.3, 0.4) is 0 Å². The lowest BCUT2D eigenvalue weighted by atomic mass is 10.0. The highest BCUT2D eigenvalue weighted by molar-refractivity contribution is 7.98. The monoisotopic (exact) mass is 523 g/mol. The normalized spacial score (nSPS) is 17.6. The van der Waals surface area contributed by atoms with E-state index in [0.29, 0.717) is 25.0 Å². The first-order valence-electron chi connectivity index (χ1n) is 11.5. The van der Waals surface area contributed by atoms with Crippen molar-refractivity contribution in [1.82, 2.24) is 15.5 Å². The smallest absolute Gasteiger partial charge is 0.326 e. The molecule has 1 saturated heterocycles. The Hall–Kier alpha value is -3.32. The zero-order valence-corrected chi connectivity index (χ0v) is 20.8. The number of likely N-dealkylation sites (tertiary alicyclic amines) is 1. The second-order valence-electron chi connectivity index (χ2n) is 8.58. The van der Waals surface area contributed by atoms with Crippen LogP contribution in [0.4, 0.5) is 0 Å². The molecule has 0 spiro atoms. The van der Waals surface area contributed by atoms with Crippen molar-refractivity contribution in [2.24, 2.45) is 11.5 Å². The second-order valence-corrected chi connectivity index (χ2v) is 9.56. The minimum Gasteiger partial charge on any atom is -0.508 e. The zero-order chi connectivity index (χ0) is 26.8. The number of aliphatic carboxylic acids is 1. The van der Waals surface area contributed by atoms with Crippen molar-refractivity contribution < 1.29 is 34.2 Å². The van der Waals surface area contributed by atoms with Gasteiger partial charge in [-0.15, -0.1) is 0 Å². The van der Waals surface area contributed by atoms with Gasteiger partial charge in [0.2, 0.25) is 23.6 Å². The number of phenolic OH excluding ortho intramolecular Hbond substituents is 1. The first-order valence-corrected chi connectivity index (χ1v) is 12.9. The van der Waals surface area contributed by atoms with Gasteiger partial charge in [0.05, 0.1) is 12.5 Å². The molecule has 0 bridgehead atoms. The minimum atomic E-state index is -1.50. The Morgan fingerprint density at radius 1 is 1.14 bits per heavy atom. The summed E-state index contributed by atoms with van der Waals surface area (Å²) >= 11 is 1.49. The van der Waals surface area contributed by atoms with E-state index in [4.69, 9.17) is 11.5 Å². The molecule has 198 valence electrons. The number of rotatable bonds is 13. The van der Waals surface area contributed by atoms with Crippen molar-refractivity contribution in [3.63, 3.8) is 0 Å². The molecule has 0 saturated carbocycles. The molecule has 36 heavy (non-hydrogen) atoms. The van der Waals surface area contributed by atoms with Crippen LogP contribution >= 0.6 is 11.8 Å². The fourth-order valence-corrected chi connectivity index (χ4v) is 4.39. The van der Waals surface area contributed by atoms with Crippen LogP contribution in [0.2, 0.25) is 0 Å². The number of nitrogens with one attached hydrogen (secondary N) is 2. The van der Waals surface area contributed by atoms with Gasteiger partial charge in [-0.25, -0.2) is 4.79 Å². The van der Waals surface area contributed by atoms with Gasteiger partial charge in [-0.3, -0.25) is 19.2 Å². The summed E-state index contributed by atoms with van der Waals surface area (Å²) in [6.07, 6.45) is 2.61. The van der Waals surface area contributed by atoms with E-state index in [1.165, 1.54) is 28.8 Å². The molecule has 2 rings (SSSR count). The van der Waals surface area contributed by atoms with E-state index < -0.39 is 60.2 Å². The molecule has 12 nitrogen and oxygen atoms in total. The predicted octanol–water partition coefficient (Wildman–Crippen LogP) is -1.06. The maximum Gasteiger partial charge on any atom is 0.326 e. The number of phenols is 1. The van der Waals surface area contributed by atoms with Crippen LogP contribution in [0.25, 0.3) is 0 Å². The number of carbonyl (C=O) groups is 5. The SMILES string of the molecule is CSCCC(NC(=O)C(N)Cc1ccc(O)cc1)C(=O)N1CCCC1C(=O)NC(CC(N)=O)C(=O)O. The standard InChI is InChI=1S/C23H33N5O7S/c1-36-10-8-16(26-20(31)15(24)11-13-4-6-14(29)7-5-13)22(33)28-9-2-3-18(28)21(32)27-17(23(34)35)12-19(25)30/h4-7,15-18,29H,2-3,8-12,24H2,1H3,(H2,25,30)(H,26,31)(H,27,32)(H,34,35). The summed E-state index contributed by atoms with van der Waals surface area (Å²) in [5.41, 5.74) is 11.9. The van der Waals surface area contributed by atoms with Crippen LogP contribution in [0.5, 0.6) is 5.75 Å². The van der Waals surface area contributed by atoms with E-state index in [-0.39, 0.29) is 18.7 Å². The quantitative estimate of drug-likeness (QED) is 0.186. The highest BCUT2D eigenvalue weighted by Crippen LogP contribution is 2.20. The number of hydrogen-bond donors (Lipinski definition) is 6. The number of hydrogen-bond acceptors (Lipinski definition) is 8. The number of carbonyl (C=O) groups excluding carboxylic acids is 4. The molecular weight excluding hydrogens is 490 g/mol. The third-order valence-corrected chi connectivity index (χ3v) is 6.46. The number of thioether (sulfide) groups is 1. The molecule has 4 amide bonds. The molecule has 1 aromatic rings. The summed E-state index contributed by atoms with van der Waals surface area (Å²) in [5.74, 6) is -3.34. The molecule has 1 aliphatic heterocycles. The number of primary amides is 1. The van der Waals surface area contributed by atoms with Crippen LogP contribution in [0.1, 0.15) is 31.2 Å². The van der Waals surface area contributed by atoms with Crippen LogP contribution in [0, 0.1) is 0 Å². The molecule has 4 atom stereocenters. The van der Waals surface area contributed by atoms with E-state index in [1.54, 1.807) is 12.1 Å². The van der Waals surface area contributed by atoms with Crippen LogP contribution in [-0.4, -0.2) is 87.4 Å². The number of aromatic hydroxyl groups is 1. The molecule has 13 heteroatoms. The van der Waals surface area contributed by atoms with Crippen molar-refractivity contribution in [1.29, 1.82) is 0 Å². The second kappa shape index (κ2) is 13.7. The van der Waals surface area contributed by atoms with Gasteiger partial charge in [0, 0.05) is 6.54 Å². The zero-order valence-electron chi connectivity index (χ0n) is 20.0. The number of nitrogens with zero attached hydrogens (tertiary/aromatic N) is 1. The molecule has 4 unspecified atom stereocenters. The number of nitrogens with two attached hydrogens (primary N) is 2. The molecule has 0 aromatic heterocycles. The number of carboxylic acid groups (broad SMARTS) is 1. The largest absolute Gasteiger partial charge is 0.508 e. The molecule has 0 radical (unpaired) electrons. The fraction of sp³-hybridized carbons (Fsp3) is 0.522. The molecular formula is C23H33N5O7S. The maximum atomic E-state index is 13.4. The Morgan fingerprint density at radius 2 is 1.81 bits per heavy atom. The van der Waals surface area contributed by atoms with Gasteiger partial charge in [-0.05, 0) is 55.4 Å². The van der Waals surface area contributed by atoms with E-state index in [0.717, 1.165) is 5.56 Å². The molecule has 1 heterocycles. The summed E-state index contributed by atoms with van der Waals surface area (Å²) in [5, 5.41) is 23.7. The number of carboxylic acids is 1. The van der Waals surface area contributed by atoms with Crippen LogP contribution in [0.15, 0.2) is 24.3 Å². The average molecular weight is 524 g/mol. The van der Waals surface area contributed by atoms with Gasteiger partial charge in [-0.2, -0.15) is 11.8 Å². The van der Waals surface area contributed by atoms with Crippen molar-refractivity contribution >= 4 is 41.4 Å². The van der Waals surface area contributed by atoms with Crippen molar-refractivity contribution in [3.05, 3.63) is 29.8 Å². The summed E-state index contributed by atoms with van der Waals surface area (Å²) in [7, 11) is 0. The number of benzene rings is 1. The third-order valence-electron chi connectivity index (χ3n) is 5.81. The third kappa shape index (κ3) is 8.41. The molecule has 1 fully saturated rings. The molecule has 1 aliphatic rings. The van der Waals surface area contributed by atoms with Gasteiger partial charge in [0.15, 0.2) is 0 Å². The average Bonchev–Trinajstić information content (AvgIpc) is 3.32. The minimum absolute atomic E-state index is 0.0907. The number of amides is 4. The first-order chi connectivity index (χ1) is 17.0. The van der Waals surface area contributed by atoms with Gasteiger partial charge in [0.1, 0.15) is 23.9 Å². The summed E-state index contributed by atoms with van der Waals surface area (Å²) in [6, 6.07) is 1.96. The Morgan fingerprint density at radius 3 is 2.39 bits per heavy atom. The van der Waals surface area contributed by atoms with Gasteiger partial charge in [-0.1, -0.05) is 12.1 Å². The van der Waals surface area contributed by atoms with E-state index >= 15 is 0 Å². The fourth-order valence-electron chi connectivity index (χ4n) is 3.92. The topological polar surface area (TPSA) is 205 Å². The lowest BCUT2D eigenvalue weighted by Crippen LogP contribution is -2.57. The van der Waals surface area contributed by atoms with E-state index in [1.807, 2.05) is 6.26 Å². The molecule has 1 aromatic carbocycles. The maximum absolute atomic E-state index is 13.4. The predicted molar refractivity (Wildman–Crippen MR) is 133 cm³/mol. The van der Waals surface area contributed by atoms with Gasteiger partial charge >= 0.3 is 5.97 Å². The summed E-state index contributed by atoms with van der Waals surface area (Å²) in [6.45, 7) is 0.260. The highest BCUT2D eigenvalue weighted by atomic mass is 32.2. The van der Waals surface area contributed by atoms with Crippen molar-refractivity contribution in [3.8, 4) is 5.75 Å². The van der Waals surface area contributed by atoms with Crippen LogP contribution in [-0.2, 0) is 30.4 Å². The Balaban J connectivity index is 2.09. The van der Waals surface area contributed by atoms with Gasteiger partial charge < -0.3 is 37.2 Å². The molecule has 0 aliphatic carbocycles. The lowest BCUT2D eigenvalue weighted by Gasteiger charge is -2.30. The van der Waals surface area contributed by atoms with E-state index in [2.05, 4.69) is 10.6 Å². The lowest BCUT2D eigenvalue weighted by molar-refractivity contribution is -0.145. The first kappa shape index (κ1) is 28.9. The Bertz CT molecular complexity index is 959. The van der Waals surface area contributed by atoms with E-state index in [9.17, 15) is 34.2 Å². The summed E-state index contributed by atoms with van der Waals surface area (Å²) in [4.78, 5) is 62.8. The Labute approximate surface area is 213 Å². The Kier molecular flexibility index (Phi) is 11.0. The van der Waals surface area contributed by atoms with Crippen molar-refractivity contribution in [2.75, 3.05) is 18.6 Å². The highest BCUT2D eigenvalue weighted by Gasteiger charge is 2.39. The van der Waals surface area contributed by atoms with Gasteiger partial charge in [0.25, 0.3) is 0 Å². The summed E-state index contributed by atoms with van der Waals surface area (Å²) < 4.78 is 0.